The van der Waals surface area contributed by atoms with Crippen molar-refractivity contribution in [3.63, 3.8) is 0 Å². The van der Waals surface area contributed by atoms with Crippen LogP contribution in [-0.2, 0) is 4.79 Å². The maximum Gasteiger partial charge on any atom is 0.274 e. The van der Waals surface area contributed by atoms with Crippen LogP contribution < -0.4 is 5.32 Å². The number of furan rings is 1. The Balaban J connectivity index is 1.77. The zero-order valence-electron chi connectivity index (χ0n) is 14.8. The SMILES string of the molecule is O=C(Nc1cc(Cl)ccc1Cl)C(=Cc1ccco1)n1nnnc1-c1ccccc1. The average molecular weight is 426 g/mol. The van der Waals surface area contributed by atoms with Gasteiger partial charge in [0, 0.05) is 16.7 Å². The fourth-order valence-corrected chi connectivity index (χ4v) is 2.96. The first-order valence-electron chi connectivity index (χ1n) is 8.47. The molecule has 4 rings (SSSR count). The van der Waals surface area contributed by atoms with E-state index in [0.717, 1.165) is 5.56 Å². The Morgan fingerprint density at radius 1 is 1.07 bits per heavy atom. The van der Waals surface area contributed by atoms with Gasteiger partial charge in [-0.15, -0.1) is 5.10 Å². The second-order valence-electron chi connectivity index (χ2n) is 5.90. The highest BCUT2D eigenvalue weighted by atomic mass is 35.5. The molecule has 144 valence electrons. The van der Waals surface area contributed by atoms with E-state index in [4.69, 9.17) is 27.6 Å². The van der Waals surface area contributed by atoms with Crippen LogP contribution in [0.5, 0.6) is 0 Å². The van der Waals surface area contributed by atoms with E-state index < -0.39 is 5.91 Å². The third-order valence-electron chi connectivity index (χ3n) is 3.96. The summed E-state index contributed by atoms with van der Waals surface area (Å²) >= 11 is 12.2. The summed E-state index contributed by atoms with van der Waals surface area (Å²) in [6.07, 6.45) is 3.05. The number of tetrazole rings is 1. The summed E-state index contributed by atoms with van der Waals surface area (Å²) in [4.78, 5) is 13.1. The van der Waals surface area contributed by atoms with Crippen molar-refractivity contribution in [3.8, 4) is 11.4 Å². The third-order valence-corrected chi connectivity index (χ3v) is 4.53. The van der Waals surface area contributed by atoms with Gasteiger partial charge in [0.1, 0.15) is 11.5 Å². The number of nitrogens with zero attached hydrogens (tertiary/aromatic N) is 4. The normalized spacial score (nSPS) is 11.4. The number of hydrogen-bond acceptors (Lipinski definition) is 5. The monoisotopic (exact) mass is 425 g/mol. The van der Waals surface area contributed by atoms with Gasteiger partial charge < -0.3 is 9.73 Å². The van der Waals surface area contributed by atoms with Gasteiger partial charge >= 0.3 is 0 Å². The van der Waals surface area contributed by atoms with E-state index in [-0.39, 0.29) is 5.70 Å². The van der Waals surface area contributed by atoms with Crippen molar-refractivity contribution >= 4 is 46.6 Å². The molecule has 2 aromatic carbocycles. The van der Waals surface area contributed by atoms with Crippen molar-refractivity contribution < 1.29 is 9.21 Å². The molecule has 0 saturated carbocycles. The Hall–Kier alpha value is -3.42. The first-order valence-corrected chi connectivity index (χ1v) is 9.23. The molecule has 0 atom stereocenters. The number of benzene rings is 2. The summed E-state index contributed by atoms with van der Waals surface area (Å²) in [7, 11) is 0. The Bertz CT molecular complexity index is 1170. The topological polar surface area (TPSA) is 85.8 Å². The molecule has 0 radical (unpaired) electrons. The molecule has 0 aliphatic carbocycles. The average Bonchev–Trinajstić information content (AvgIpc) is 3.41. The fraction of sp³-hybridized carbons (Fsp3) is 0. The van der Waals surface area contributed by atoms with E-state index in [2.05, 4.69) is 20.8 Å². The molecule has 2 heterocycles. The summed E-state index contributed by atoms with van der Waals surface area (Å²) < 4.78 is 6.70. The van der Waals surface area contributed by atoms with Crippen LogP contribution in [0.4, 0.5) is 5.69 Å². The summed E-state index contributed by atoms with van der Waals surface area (Å²) in [6, 6.07) is 17.5. The van der Waals surface area contributed by atoms with E-state index >= 15 is 0 Å². The van der Waals surface area contributed by atoms with Crippen LogP contribution in [0, 0.1) is 0 Å². The van der Waals surface area contributed by atoms with E-state index in [1.807, 2.05) is 30.3 Å². The van der Waals surface area contributed by atoms with Crippen LogP contribution in [0.3, 0.4) is 0 Å². The number of halogens is 2. The number of anilines is 1. The smallest absolute Gasteiger partial charge is 0.274 e. The molecule has 0 fully saturated rings. The molecule has 0 aliphatic heterocycles. The molecule has 1 N–H and O–H groups in total. The minimum Gasteiger partial charge on any atom is -0.465 e. The molecule has 2 aromatic heterocycles. The molecular weight excluding hydrogens is 413 g/mol. The van der Waals surface area contributed by atoms with Crippen LogP contribution in [0.1, 0.15) is 5.76 Å². The minimum absolute atomic E-state index is 0.139. The Morgan fingerprint density at radius 2 is 1.90 bits per heavy atom. The number of hydrogen-bond donors (Lipinski definition) is 1. The van der Waals surface area contributed by atoms with E-state index in [9.17, 15) is 4.79 Å². The van der Waals surface area contributed by atoms with Crippen LogP contribution in [0.25, 0.3) is 23.2 Å². The standard InChI is InChI=1S/C20H13Cl2N5O2/c21-14-8-9-16(22)17(11-14)23-20(28)18(12-15-7-4-10-29-15)27-19(24-25-26-27)13-5-2-1-3-6-13/h1-12H,(H,23,28). The van der Waals surface area contributed by atoms with E-state index in [1.165, 1.54) is 17.0 Å². The number of nitrogens with one attached hydrogen (secondary N) is 1. The van der Waals surface area contributed by atoms with Gasteiger partial charge in [0.05, 0.1) is 17.0 Å². The highest BCUT2D eigenvalue weighted by Crippen LogP contribution is 2.27. The lowest BCUT2D eigenvalue weighted by atomic mass is 10.2. The third kappa shape index (κ3) is 4.21. The van der Waals surface area contributed by atoms with Crippen molar-refractivity contribution in [2.45, 2.75) is 0 Å². The largest absolute Gasteiger partial charge is 0.465 e. The highest BCUT2D eigenvalue weighted by Gasteiger charge is 2.20. The zero-order chi connectivity index (χ0) is 20.2. The van der Waals surface area contributed by atoms with Crippen molar-refractivity contribution in [1.29, 1.82) is 0 Å². The van der Waals surface area contributed by atoms with Gasteiger partial charge in [0.15, 0.2) is 5.82 Å². The number of carbonyl (C=O) groups excluding carboxylic acids is 1. The minimum atomic E-state index is -0.491. The van der Waals surface area contributed by atoms with Crippen LogP contribution in [0.15, 0.2) is 71.3 Å². The molecule has 0 bridgehead atoms. The number of rotatable bonds is 5. The first kappa shape index (κ1) is 18.9. The van der Waals surface area contributed by atoms with Crippen molar-refractivity contribution in [2.24, 2.45) is 0 Å². The lowest BCUT2D eigenvalue weighted by molar-refractivity contribution is -0.111. The summed E-state index contributed by atoms with van der Waals surface area (Å²) in [5.74, 6) is 0.368. The van der Waals surface area contributed by atoms with Crippen molar-refractivity contribution in [2.75, 3.05) is 5.32 Å². The number of aromatic nitrogens is 4. The van der Waals surface area contributed by atoms with E-state index in [0.29, 0.717) is 27.3 Å². The Kier molecular flexibility index (Phi) is 5.41. The zero-order valence-corrected chi connectivity index (χ0v) is 16.3. The van der Waals surface area contributed by atoms with Crippen molar-refractivity contribution in [1.82, 2.24) is 20.2 Å². The number of carbonyl (C=O) groups is 1. The van der Waals surface area contributed by atoms with E-state index in [1.54, 1.807) is 30.3 Å². The summed E-state index contributed by atoms with van der Waals surface area (Å²) in [5.41, 5.74) is 1.25. The molecule has 0 unspecified atom stereocenters. The van der Waals surface area contributed by atoms with Gasteiger partial charge in [-0.25, -0.2) is 0 Å². The molecule has 29 heavy (non-hydrogen) atoms. The molecule has 4 aromatic rings. The Labute approximate surface area is 175 Å². The predicted octanol–water partition coefficient (Wildman–Crippen LogP) is 4.88. The van der Waals surface area contributed by atoms with Gasteiger partial charge in [-0.3, -0.25) is 4.79 Å². The van der Waals surface area contributed by atoms with Crippen molar-refractivity contribution in [3.05, 3.63) is 82.7 Å². The maximum absolute atomic E-state index is 13.1. The summed E-state index contributed by atoms with van der Waals surface area (Å²) in [5, 5.41) is 15.3. The maximum atomic E-state index is 13.1. The lowest BCUT2D eigenvalue weighted by Crippen LogP contribution is -2.19. The second-order valence-corrected chi connectivity index (χ2v) is 6.75. The number of amides is 1. The highest BCUT2D eigenvalue weighted by molar-refractivity contribution is 6.36. The molecule has 1 amide bonds. The molecule has 9 heteroatoms. The first-order chi connectivity index (χ1) is 14.1. The van der Waals surface area contributed by atoms with Crippen LogP contribution >= 0.6 is 23.2 Å². The van der Waals surface area contributed by atoms with Crippen LogP contribution in [-0.4, -0.2) is 26.1 Å². The van der Waals surface area contributed by atoms with Gasteiger partial charge in [0.25, 0.3) is 5.91 Å². The quantitative estimate of drug-likeness (QED) is 0.460. The van der Waals surface area contributed by atoms with Gasteiger partial charge in [0.2, 0.25) is 0 Å². The summed E-state index contributed by atoms with van der Waals surface area (Å²) in [6.45, 7) is 0. The Morgan fingerprint density at radius 3 is 2.66 bits per heavy atom. The van der Waals surface area contributed by atoms with Crippen LogP contribution in [0.2, 0.25) is 10.0 Å². The molecule has 7 nitrogen and oxygen atoms in total. The molecule has 0 spiro atoms. The molecule has 0 saturated heterocycles. The van der Waals surface area contributed by atoms with Gasteiger partial charge in [-0.1, -0.05) is 53.5 Å². The molecule has 0 aliphatic rings. The second kappa shape index (κ2) is 8.30. The van der Waals surface area contributed by atoms with Gasteiger partial charge in [-0.05, 0) is 40.8 Å². The van der Waals surface area contributed by atoms with Gasteiger partial charge in [-0.2, -0.15) is 4.68 Å². The fourth-order valence-electron chi connectivity index (χ4n) is 2.63. The molecular formula is C20H13Cl2N5O2. The predicted molar refractivity (Wildman–Crippen MR) is 111 cm³/mol. The lowest BCUT2D eigenvalue weighted by Gasteiger charge is -2.11.